The zero-order valence-corrected chi connectivity index (χ0v) is 38.8. The Morgan fingerprint density at radius 3 is 1.57 bits per heavy atom. The van der Waals surface area contributed by atoms with Crippen LogP contribution < -0.4 is 4.89 Å². The molecular formula is C50H78NO9P. The topological polar surface area (TPSA) is 131 Å². The first-order chi connectivity index (χ1) is 29.4. The fourth-order valence-corrected chi connectivity index (χ4v) is 5.51. The summed E-state index contributed by atoms with van der Waals surface area (Å²) in [6.45, 7) is 3.57. The molecule has 0 aromatic rings. The average Bonchev–Trinajstić information content (AvgIpc) is 3.21. The molecule has 342 valence electrons. The van der Waals surface area contributed by atoms with E-state index in [-0.39, 0.29) is 32.2 Å². The van der Waals surface area contributed by atoms with Crippen LogP contribution in [-0.2, 0) is 32.7 Å². The number of carbonyl (C=O) groups excluding carboxylic acids is 2. The molecule has 0 radical (unpaired) electrons. The number of esters is 2. The fraction of sp³-hybridized carbons (Fsp3) is 0.520. The molecule has 0 aromatic carbocycles. The molecule has 10 nitrogen and oxygen atoms in total. The van der Waals surface area contributed by atoms with Crippen LogP contribution >= 0.6 is 7.82 Å². The number of hydrogen-bond donors (Lipinski definition) is 1. The van der Waals surface area contributed by atoms with E-state index in [4.69, 9.17) is 18.5 Å². The number of allylic oxidation sites excluding steroid dienone is 21. The van der Waals surface area contributed by atoms with Gasteiger partial charge in [0, 0.05) is 12.8 Å². The highest BCUT2D eigenvalue weighted by Crippen LogP contribution is 2.38. The number of phosphoric ester groups is 1. The highest BCUT2D eigenvalue weighted by Gasteiger charge is 2.21. The van der Waals surface area contributed by atoms with Gasteiger partial charge < -0.3 is 33.0 Å². The summed E-state index contributed by atoms with van der Waals surface area (Å²) in [7, 11) is 1.04. The quantitative estimate of drug-likeness (QED) is 0.0162. The lowest BCUT2D eigenvalue weighted by Crippen LogP contribution is -2.37. The summed E-state index contributed by atoms with van der Waals surface area (Å²) in [6, 6.07) is 0. The summed E-state index contributed by atoms with van der Waals surface area (Å²) in [4.78, 5) is 37.5. The van der Waals surface area contributed by atoms with Crippen molar-refractivity contribution >= 4 is 19.8 Å². The summed E-state index contributed by atoms with van der Waals surface area (Å²) in [5.41, 5.74) is 0. The van der Waals surface area contributed by atoms with Crippen LogP contribution in [0.2, 0.25) is 0 Å². The molecule has 61 heavy (non-hydrogen) atoms. The normalized spacial score (nSPS) is 15.3. The average molecular weight is 868 g/mol. The van der Waals surface area contributed by atoms with Crippen LogP contribution in [0.1, 0.15) is 110 Å². The van der Waals surface area contributed by atoms with Gasteiger partial charge in [-0.05, 0) is 83.5 Å². The van der Waals surface area contributed by atoms with Crippen LogP contribution in [0.15, 0.2) is 134 Å². The first-order valence-corrected chi connectivity index (χ1v) is 23.5. The minimum absolute atomic E-state index is 0.0680. The number of aliphatic hydroxyl groups is 1. The number of quaternary nitrogens is 1. The lowest BCUT2D eigenvalue weighted by atomic mass is 10.2. The van der Waals surface area contributed by atoms with Crippen LogP contribution in [0.4, 0.5) is 0 Å². The number of unbranched alkanes of at least 4 members (excludes halogenated alkanes) is 1. The molecular weight excluding hydrogens is 790 g/mol. The Morgan fingerprint density at radius 1 is 0.607 bits per heavy atom. The SMILES string of the molecule is CC/C=C\C/C=C\C/C=C\C/C=C\C/C=C\C/C=C\CCC(=O)O[C@H](COC(=O)CCC/C=C\C/C=C\C/C=C\C/C=C\C=C\[C@@H](O)CC)COP(=O)([O-])OCC[N+](C)(C)C. The number of likely N-dealkylation sites (N-methyl/N-ethyl adjacent to an activating group) is 1. The van der Waals surface area contributed by atoms with E-state index in [0.717, 1.165) is 57.8 Å². The summed E-state index contributed by atoms with van der Waals surface area (Å²) in [6.07, 6.45) is 54.6. The molecule has 0 saturated heterocycles. The summed E-state index contributed by atoms with van der Waals surface area (Å²) < 4.78 is 33.7. The van der Waals surface area contributed by atoms with Gasteiger partial charge in [-0.2, -0.15) is 0 Å². The fourth-order valence-electron chi connectivity index (χ4n) is 4.78. The van der Waals surface area contributed by atoms with Gasteiger partial charge in [-0.1, -0.05) is 148 Å². The van der Waals surface area contributed by atoms with Crippen LogP contribution in [0.3, 0.4) is 0 Å². The van der Waals surface area contributed by atoms with E-state index in [1.54, 1.807) is 6.08 Å². The van der Waals surface area contributed by atoms with Crippen molar-refractivity contribution in [3.05, 3.63) is 134 Å². The van der Waals surface area contributed by atoms with Gasteiger partial charge in [-0.25, -0.2) is 0 Å². The minimum Gasteiger partial charge on any atom is -0.756 e. The number of phosphoric acid groups is 1. The Kier molecular flexibility index (Phi) is 37.6. The molecule has 0 amide bonds. The Bertz CT molecular complexity index is 1510. The first kappa shape index (κ1) is 57.1. The second kappa shape index (κ2) is 40.2. The number of aliphatic hydroxyl groups excluding tert-OH is 1. The maximum absolute atomic E-state index is 12.7. The third kappa shape index (κ3) is 44.0. The van der Waals surface area contributed by atoms with Crippen molar-refractivity contribution < 1.29 is 47.2 Å². The van der Waals surface area contributed by atoms with Gasteiger partial charge in [0.25, 0.3) is 7.82 Å². The van der Waals surface area contributed by atoms with E-state index >= 15 is 0 Å². The molecule has 0 aliphatic rings. The molecule has 3 atom stereocenters. The smallest absolute Gasteiger partial charge is 0.306 e. The van der Waals surface area contributed by atoms with Gasteiger partial charge in [0.2, 0.25) is 0 Å². The van der Waals surface area contributed by atoms with E-state index < -0.39 is 32.5 Å². The monoisotopic (exact) mass is 868 g/mol. The largest absolute Gasteiger partial charge is 0.756 e. The predicted molar refractivity (Wildman–Crippen MR) is 250 cm³/mol. The molecule has 11 heteroatoms. The number of carbonyl (C=O) groups is 2. The van der Waals surface area contributed by atoms with Crippen molar-refractivity contribution in [2.75, 3.05) is 47.5 Å². The van der Waals surface area contributed by atoms with Gasteiger partial charge in [0.15, 0.2) is 6.10 Å². The van der Waals surface area contributed by atoms with E-state index in [9.17, 15) is 24.2 Å². The first-order valence-electron chi connectivity index (χ1n) is 22.0. The molecule has 0 heterocycles. The van der Waals surface area contributed by atoms with Crippen molar-refractivity contribution in [1.29, 1.82) is 0 Å². The van der Waals surface area contributed by atoms with Crippen LogP contribution in [-0.4, -0.2) is 81.2 Å². The molecule has 0 aliphatic heterocycles. The van der Waals surface area contributed by atoms with E-state index in [2.05, 4.69) is 92.0 Å². The van der Waals surface area contributed by atoms with Gasteiger partial charge in [0.05, 0.1) is 33.9 Å². The molecule has 1 unspecified atom stereocenters. The molecule has 0 bridgehead atoms. The van der Waals surface area contributed by atoms with Crippen molar-refractivity contribution in [1.82, 2.24) is 0 Å². The van der Waals surface area contributed by atoms with Gasteiger partial charge in [-0.3, -0.25) is 14.2 Å². The van der Waals surface area contributed by atoms with Gasteiger partial charge in [0.1, 0.15) is 19.8 Å². The van der Waals surface area contributed by atoms with E-state index in [1.807, 2.05) is 70.6 Å². The zero-order chi connectivity index (χ0) is 45.1. The van der Waals surface area contributed by atoms with Crippen molar-refractivity contribution in [2.24, 2.45) is 0 Å². The highest BCUT2D eigenvalue weighted by molar-refractivity contribution is 7.45. The predicted octanol–water partition coefficient (Wildman–Crippen LogP) is 11.0. The zero-order valence-electron chi connectivity index (χ0n) is 37.9. The molecule has 0 aromatic heterocycles. The molecule has 0 spiro atoms. The van der Waals surface area contributed by atoms with Crippen molar-refractivity contribution in [3.8, 4) is 0 Å². The second-order valence-corrected chi connectivity index (χ2v) is 16.6. The standard InChI is InChI=1S/C50H78NO9P/c1-6-8-9-10-11-12-13-14-15-16-17-18-19-24-27-30-33-36-39-42-50(54)60-48(46-59-61(55,56)58-44-43-51(3,4)5)45-57-49(53)41-38-35-32-29-26-23-21-20-22-25-28-31-34-37-40-47(52)7-2/h8-9,11-12,14-15,17-18,21-25,27,29,31-34,36-37,40,47-48,52H,6-7,10,13,16,19-20,26,28,30,35,38-39,41-46H2,1-5H3/b9-8-,12-11-,15-14-,18-17-,23-21-,25-22-,27-24-,32-29-,34-31-,36-33-,40-37+/t47-,48+/m0/s1. The Hall–Kier alpha value is -3.89. The number of nitrogens with zero attached hydrogens (tertiary/aromatic N) is 1. The van der Waals surface area contributed by atoms with Gasteiger partial charge in [-0.15, -0.1) is 0 Å². The molecule has 0 fully saturated rings. The number of hydrogen-bond acceptors (Lipinski definition) is 9. The maximum Gasteiger partial charge on any atom is 0.306 e. The summed E-state index contributed by atoms with van der Waals surface area (Å²) >= 11 is 0. The minimum atomic E-state index is -4.68. The highest BCUT2D eigenvalue weighted by atomic mass is 31.2. The van der Waals surface area contributed by atoms with Gasteiger partial charge >= 0.3 is 11.9 Å². The Balaban J connectivity index is 4.63. The number of rotatable bonds is 37. The number of ether oxygens (including phenoxy) is 2. The van der Waals surface area contributed by atoms with E-state index in [1.165, 1.54) is 0 Å². The molecule has 0 aliphatic carbocycles. The van der Waals surface area contributed by atoms with Crippen LogP contribution in [0, 0.1) is 0 Å². The third-order valence-corrected chi connectivity index (χ3v) is 9.30. The van der Waals surface area contributed by atoms with Crippen LogP contribution in [0.5, 0.6) is 0 Å². The third-order valence-electron chi connectivity index (χ3n) is 8.34. The lowest BCUT2D eigenvalue weighted by molar-refractivity contribution is -0.870. The second-order valence-electron chi connectivity index (χ2n) is 15.1. The Labute approximate surface area is 369 Å². The van der Waals surface area contributed by atoms with Crippen LogP contribution in [0.25, 0.3) is 0 Å². The van der Waals surface area contributed by atoms with Crippen molar-refractivity contribution in [3.63, 3.8) is 0 Å². The molecule has 0 rings (SSSR count). The summed E-state index contributed by atoms with van der Waals surface area (Å²) in [5, 5.41) is 9.48. The maximum atomic E-state index is 12.7. The summed E-state index contributed by atoms with van der Waals surface area (Å²) in [5.74, 6) is -1.04. The Morgan fingerprint density at radius 2 is 1.08 bits per heavy atom. The molecule has 0 saturated carbocycles. The van der Waals surface area contributed by atoms with Crippen molar-refractivity contribution in [2.45, 2.75) is 122 Å². The molecule has 1 N–H and O–H groups in total. The lowest BCUT2D eigenvalue weighted by Gasteiger charge is -2.28. The van der Waals surface area contributed by atoms with E-state index in [0.29, 0.717) is 36.7 Å².